The van der Waals surface area contributed by atoms with Crippen molar-refractivity contribution in [2.75, 3.05) is 7.11 Å². The van der Waals surface area contributed by atoms with E-state index < -0.39 is 0 Å². The summed E-state index contributed by atoms with van der Waals surface area (Å²) >= 11 is 0. The van der Waals surface area contributed by atoms with Crippen LogP contribution in [0.15, 0.2) is 79.3 Å². The second-order valence-corrected chi connectivity index (χ2v) is 8.35. The van der Waals surface area contributed by atoms with Gasteiger partial charge in [0.1, 0.15) is 0 Å². The highest BCUT2D eigenvalue weighted by Gasteiger charge is 2.16. The summed E-state index contributed by atoms with van der Waals surface area (Å²) in [6, 6.07) is 19.7. The SMILES string of the molecule is COC(=O)c1cc(-c2cn(C)c3ccccc23)c2cn[nH]c2c1.Cn1cc(C=O)c2ccccc21. The monoisotopic (exact) mass is 464 g/mol. The molecule has 0 saturated carbocycles. The maximum absolute atomic E-state index is 12.0. The van der Waals surface area contributed by atoms with Crippen molar-refractivity contribution in [3.8, 4) is 11.1 Å². The molecular weight excluding hydrogens is 440 g/mol. The molecule has 174 valence electrons. The van der Waals surface area contributed by atoms with Crippen LogP contribution in [0.2, 0.25) is 0 Å². The van der Waals surface area contributed by atoms with Gasteiger partial charge in [0.15, 0.2) is 6.29 Å². The molecule has 0 saturated heterocycles. The predicted molar refractivity (Wildman–Crippen MR) is 138 cm³/mol. The van der Waals surface area contributed by atoms with Gasteiger partial charge in [-0.1, -0.05) is 36.4 Å². The minimum Gasteiger partial charge on any atom is -0.465 e. The lowest BCUT2D eigenvalue weighted by Crippen LogP contribution is -2.01. The fourth-order valence-corrected chi connectivity index (χ4v) is 4.53. The van der Waals surface area contributed by atoms with Gasteiger partial charge in [-0.05, 0) is 29.8 Å². The van der Waals surface area contributed by atoms with E-state index in [0.717, 1.165) is 55.7 Å². The molecule has 3 heterocycles. The van der Waals surface area contributed by atoms with Gasteiger partial charge in [0.2, 0.25) is 0 Å². The molecule has 0 aliphatic rings. The maximum Gasteiger partial charge on any atom is 0.337 e. The number of carbonyl (C=O) groups excluding carboxylic acids is 2. The second-order valence-electron chi connectivity index (χ2n) is 8.35. The fourth-order valence-electron chi connectivity index (χ4n) is 4.53. The number of fused-ring (bicyclic) bond motifs is 3. The van der Waals surface area contributed by atoms with Gasteiger partial charge < -0.3 is 13.9 Å². The van der Waals surface area contributed by atoms with E-state index in [0.29, 0.717) is 5.56 Å². The first-order valence-corrected chi connectivity index (χ1v) is 11.1. The van der Waals surface area contributed by atoms with Crippen molar-refractivity contribution in [3.05, 3.63) is 90.4 Å². The molecule has 0 fully saturated rings. The third-order valence-corrected chi connectivity index (χ3v) is 6.22. The summed E-state index contributed by atoms with van der Waals surface area (Å²) in [6.07, 6.45) is 6.60. The zero-order valence-electron chi connectivity index (χ0n) is 19.6. The van der Waals surface area contributed by atoms with Crippen molar-refractivity contribution in [3.63, 3.8) is 0 Å². The molecule has 35 heavy (non-hydrogen) atoms. The normalized spacial score (nSPS) is 10.9. The quantitative estimate of drug-likeness (QED) is 0.277. The van der Waals surface area contributed by atoms with Gasteiger partial charge in [-0.25, -0.2) is 4.79 Å². The van der Waals surface area contributed by atoms with Gasteiger partial charge >= 0.3 is 5.97 Å². The molecular formula is C28H24N4O3. The Morgan fingerprint density at radius 1 is 0.886 bits per heavy atom. The number of hydrogen-bond donors (Lipinski definition) is 1. The number of rotatable bonds is 3. The van der Waals surface area contributed by atoms with E-state index in [2.05, 4.69) is 33.1 Å². The minimum atomic E-state index is -0.358. The van der Waals surface area contributed by atoms with Crippen molar-refractivity contribution >= 4 is 45.0 Å². The van der Waals surface area contributed by atoms with Crippen LogP contribution in [0, 0.1) is 0 Å². The van der Waals surface area contributed by atoms with E-state index in [9.17, 15) is 9.59 Å². The lowest BCUT2D eigenvalue weighted by atomic mass is 9.98. The molecule has 3 aromatic carbocycles. The molecule has 0 spiro atoms. The molecule has 0 aliphatic carbocycles. The van der Waals surface area contributed by atoms with Crippen LogP contribution < -0.4 is 0 Å². The summed E-state index contributed by atoms with van der Waals surface area (Å²) in [7, 11) is 5.34. The van der Waals surface area contributed by atoms with Gasteiger partial charge in [-0.15, -0.1) is 0 Å². The Bertz CT molecular complexity index is 1700. The molecule has 6 aromatic rings. The van der Waals surface area contributed by atoms with Crippen molar-refractivity contribution in [2.45, 2.75) is 0 Å². The van der Waals surface area contributed by atoms with Gasteiger partial charge in [-0.2, -0.15) is 5.10 Å². The Labute approximate surface area is 201 Å². The summed E-state index contributed by atoms with van der Waals surface area (Å²) in [5, 5.41) is 10.2. The van der Waals surface area contributed by atoms with Crippen molar-refractivity contribution in [2.24, 2.45) is 14.1 Å². The number of aldehydes is 1. The van der Waals surface area contributed by atoms with Crippen molar-refractivity contribution in [1.82, 2.24) is 19.3 Å². The van der Waals surface area contributed by atoms with Crippen LogP contribution in [0.3, 0.4) is 0 Å². The topological polar surface area (TPSA) is 81.9 Å². The number of H-pyrrole nitrogens is 1. The van der Waals surface area contributed by atoms with Crippen molar-refractivity contribution in [1.29, 1.82) is 0 Å². The molecule has 0 amide bonds. The van der Waals surface area contributed by atoms with Crippen LogP contribution in [-0.4, -0.2) is 38.7 Å². The number of esters is 1. The number of benzene rings is 3. The fraction of sp³-hybridized carbons (Fsp3) is 0.107. The van der Waals surface area contributed by atoms with Gasteiger partial charge in [0.25, 0.3) is 0 Å². The van der Waals surface area contributed by atoms with Crippen LogP contribution in [0.5, 0.6) is 0 Å². The summed E-state index contributed by atoms with van der Waals surface area (Å²) in [5.74, 6) is -0.358. The summed E-state index contributed by atoms with van der Waals surface area (Å²) in [4.78, 5) is 22.6. The molecule has 7 nitrogen and oxygen atoms in total. The minimum absolute atomic E-state index is 0.358. The number of para-hydroxylation sites is 2. The molecule has 0 bridgehead atoms. The predicted octanol–water partition coefficient (Wildman–Crippen LogP) is 5.50. The smallest absolute Gasteiger partial charge is 0.337 e. The largest absolute Gasteiger partial charge is 0.465 e. The molecule has 0 unspecified atom stereocenters. The number of aryl methyl sites for hydroxylation is 2. The highest BCUT2D eigenvalue weighted by atomic mass is 16.5. The molecule has 1 N–H and O–H groups in total. The third kappa shape index (κ3) is 3.87. The Balaban J connectivity index is 0.000000178. The number of methoxy groups -OCH3 is 1. The van der Waals surface area contributed by atoms with Crippen LogP contribution in [0.4, 0.5) is 0 Å². The van der Waals surface area contributed by atoms with E-state index in [-0.39, 0.29) is 5.97 Å². The average Bonchev–Trinajstić information content (AvgIpc) is 3.59. The standard InChI is InChI=1S/C18H15N3O2.C10H9NO/c1-21-10-15(12-5-3-4-6-17(12)21)13-7-11(18(22)23-2)8-16-14(13)9-19-20-16;1-11-6-8(7-12)9-4-2-3-5-10(9)11/h3-10H,1-2H3,(H,19,20);2-7H,1H3. The first-order chi connectivity index (χ1) is 17.0. The number of aromatic amines is 1. The van der Waals surface area contributed by atoms with E-state index in [1.807, 2.05) is 67.3 Å². The Kier molecular flexibility index (Phi) is 5.66. The zero-order valence-corrected chi connectivity index (χ0v) is 19.6. The van der Waals surface area contributed by atoms with E-state index in [1.165, 1.54) is 7.11 Å². The van der Waals surface area contributed by atoms with E-state index >= 15 is 0 Å². The summed E-state index contributed by atoms with van der Waals surface area (Å²) < 4.78 is 8.91. The van der Waals surface area contributed by atoms with Gasteiger partial charge in [0, 0.05) is 64.8 Å². The lowest BCUT2D eigenvalue weighted by molar-refractivity contribution is 0.0601. The number of aromatic nitrogens is 4. The highest BCUT2D eigenvalue weighted by Crippen LogP contribution is 2.35. The number of nitrogens with zero attached hydrogens (tertiary/aromatic N) is 3. The number of nitrogens with one attached hydrogen (secondary N) is 1. The average molecular weight is 465 g/mol. The van der Waals surface area contributed by atoms with E-state index in [4.69, 9.17) is 4.74 Å². The number of hydrogen-bond acceptors (Lipinski definition) is 4. The Hall–Kier alpha value is -4.65. The first-order valence-electron chi connectivity index (χ1n) is 11.1. The second kappa shape index (κ2) is 8.95. The van der Waals surface area contributed by atoms with Crippen LogP contribution in [0.1, 0.15) is 20.7 Å². The molecule has 7 heteroatoms. The summed E-state index contributed by atoms with van der Waals surface area (Å²) in [6.45, 7) is 0. The number of carbonyl (C=O) groups is 2. The Morgan fingerprint density at radius 2 is 1.54 bits per heavy atom. The van der Waals surface area contributed by atoms with Gasteiger partial charge in [0.05, 0.1) is 24.4 Å². The number of ether oxygens (including phenoxy) is 1. The molecule has 6 rings (SSSR count). The molecule has 0 radical (unpaired) electrons. The van der Waals surface area contributed by atoms with Crippen LogP contribution >= 0.6 is 0 Å². The lowest BCUT2D eigenvalue weighted by Gasteiger charge is -2.06. The van der Waals surface area contributed by atoms with Gasteiger partial charge in [-0.3, -0.25) is 9.89 Å². The molecule has 3 aromatic heterocycles. The molecule has 0 aliphatic heterocycles. The third-order valence-electron chi connectivity index (χ3n) is 6.22. The first kappa shape index (κ1) is 22.2. The van der Waals surface area contributed by atoms with Crippen LogP contribution in [0.25, 0.3) is 43.8 Å². The van der Waals surface area contributed by atoms with Crippen molar-refractivity contribution < 1.29 is 14.3 Å². The van der Waals surface area contributed by atoms with E-state index in [1.54, 1.807) is 12.3 Å². The van der Waals surface area contributed by atoms with Crippen LogP contribution in [-0.2, 0) is 18.8 Å². The highest BCUT2D eigenvalue weighted by molar-refractivity contribution is 6.07. The molecule has 0 atom stereocenters. The summed E-state index contributed by atoms with van der Waals surface area (Å²) in [5.41, 5.74) is 6.35. The maximum atomic E-state index is 12.0. The Morgan fingerprint density at radius 3 is 2.26 bits per heavy atom. The zero-order chi connectivity index (χ0) is 24.5.